The third-order valence-corrected chi connectivity index (χ3v) is 2.61. The molecule has 0 aromatic carbocycles. The Hall–Kier alpha value is -1.32. The van der Waals surface area contributed by atoms with Crippen LogP contribution in [0.4, 0.5) is 0 Å². The van der Waals surface area contributed by atoms with Crippen LogP contribution in [0.15, 0.2) is 12.2 Å². The molecule has 0 radical (unpaired) electrons. The Kier molecular flexibility index (Phi) is 8.08. The Labute approximate surface area is 109 Å². The minimum Gasteiger partial charge on any atom is -0.466 e. The number of carbonyl (C=O) groups is 2. The number of ether oxygens (including phenoxy) is 2. The summed E-state index contributed by atoms with van der Waals surface area (Å²) in [7, 11) is 0. The molecule has 4 heteroatoms. The van der Waals surface area contributed by atoms with Gasteiger partial charge in [0.1, 0.15) is 0 Å². The lowest BCUT2D eigenvalue weighted by Gasteiger charge is -2.23. The van der Waals surface area contributed by atoms with E-state index in [1.165, 1.54) is 13.0 Å². The van der Waals surface area contributed by atoms with Crippen LogP contribution in [0.5, 0.6) is 0 Å². The van der Waals surface area contributed by atoms with Crippen LogP contribution in [0.2, 0.25) is 0 Å². The summed E-state index contributed by atoms with van der Waals surface area (Å²) in [4.78, 5) is 21.7. The monoisotopic (exact) mass is 256 g/mol. The number of hydrogen-bond acceptors (Lipinski definition) is 4. The van der Waals surface area contributed by atoms with E-state index in [1.54, 1.807) is 6.92 Å². The molecule has 0 heterocycles. The van der Waals surface area contributed by atoms with Gasteiger partial charge in [-0.15, -0.1) is 0 Å². The van der Waals surface area contributed by atoms with E-state index in [2.05, 4.69) is 13.8 Å². The van der Waals surface area contributed by atoms with Crippen molar-refractivity contribution in [3.05, 3.63) is 12.2 Å². The van der Waals surface area contributed by atoms with Crippen LogP contribution in [-0.2, 0) is 19.1 Å². The SMILES string of the molecule is CCOC(=O)/C=C/CCC(C)(C)CCOC(C)=O. The van der Waals surface area contributed by atoms with Gasteiger partial charge in [0.2, 0.25) is 0 Å². The van der Waals surface area contributed by atoms with E-state index in [1.807, 2.05) is 6.08 Å². The molecule has 0 fully saturated rings. The molecule has 0 aliphatic rings. The number of rotatable bonds is 8. The normalized spacial score (nSPS) is 11.6. The highest BCUT2D eigenvalue weighted by molar-refractivity contribution is 5.81. The lowest BCUT2D eigenvalue weighted by atomic mass is 9.85. The van der Waals surface area contributed by atoms with Crippen molar-refractivity contribution in [3.63, 3.8) is 0 Å². The summed E-state index contributed by atoms with van der Waals surface area (Å²) in [5.41, 5.74) is 0.0917. The van der Waals surface area contributed by atoms with Crippen LogP contribution in [0.3, 0.4) is 0 Å². The summed E-state index contributed by atoms with van der Waals surface area (Å²) in [6.45, 7) is 8.28. The van der Waals surface area contributed by atoms with Crippen molar-refractivity contribution >= 4 is 11.9 Å². The first-order valence-electron chi connectivity index (χ1n) is 6.34. The summed E-state index contributed by atoms with van der Waals surface area (Å²) in [6.07, 6.45) is 5.85. The van der Waals surface area contributed by atoms with Crippen molar-refractivity contribution < 1.29 is 19.1 Å². The standard InChI is InChI=1S/C14H24O4/c1-5-17-13(16)8-6-7-9-14(3,4)10-11-18-12(2)15/h6,8H,5,7,9-11H2,1-4H3/b8-6+. The van der Waals surface area contributed by atoms with Gasteiger partial charge in [0.25, 0.3) is 0 Å². The zero-order valence-corrected chi connectivity index (χ0v) is 11.8. The molecular formula is C14H24O4. The lowest BCUT2D eigenvalue weighted by Crippen LogP contribution is -2.15. The van der Waals surface area contributed by atoms with Crippen molar-refractivity contribution in [1.29, 1.82) is 0 Å². The Morgan fingerprint density at radius 2 is 1.83 bits per heavy atom. The second kappa shape index (κ2) is 8.72. The van der Waals surface area contributed by atoms with Crippen molar-refractivity contribution in [2.75, 3.05) is 13.2 Å². The minimum atomic E-state index is -0.296. The van der Waals surface area contributed by atoms with Gasteiger partial charge in [0.15, 0.2) is 0 Å². The van der Waals surface area contributed by atoms with Gasteiger partial charge in [-0.05, 0) is 31.6 Å². The van der Waals surface area contributed by atoms with Crippen LogP contribution in [0.1, 0.15) is 47.0 Å². The second-order valence-corrected chi connectivity index (χ2v) is 4.95. The Bertz CT molecular complexity index is 292. The maximum atomic E-state index is 11.0. The van der Waals surface area contributed by atoms with Gasteiger partial charge in [0.05, 0.1) is 13.2 Å². The van der Waals surface area contributed by atoms with Gasteiger partial charge in [0, 0.05) is 13.0 Å². The molecular weight excluding hydrogens is 232 g/mol. The first-order valence-corrected chi connectivity index (χ1v) is 6.34. The Morgan fingerprint density at radius 1 is 1.17 bits per heavy atom. The van der Waals surface area contributed by atoms with E-state index < -0.39 is 0 Å². The highest BCUT2D eigenvalue weighted by Crippen LogP contribution is 2.26. The third-order valence-electron chi connectivity index (χ3n) is 2.61. The largest absolute Gasteiger partial charge is 0.466 e. The van der Waals surface area contributed by atoms with Crippen LogP contribution in [0, 0.1) is 5.41 Å². The summed E-state index contributed by atoms with van der Waals surface area (Å²) >= 11 is 0. The molecule has 0 aliphatic carbocycles. The molecule has 0 aromatic heterocycles. The predicted molar refractivity (Wildman–Crippen MR) is 70.0 cm³/mol. The third kappa shape index (κ3) is 9.87. The fraction of sp³-hybridized carbons (Fsp3) is 0.714. The molecule has 104 valence electrons. The lowest BCUT2D eigenvalue weighted by molar-refractivity contribution is -0.141. The highest BCUT2D eigenvalue weighted by Gasteiger charge is 2.17. The fourth-order valence-corrected chi connectivity index (χ4v) is 1.44. The fourth-order valence-electron chi connectivity index (χ4n) is 1.44. The van der Waals surface area contributed by atoms with Crippen molar-refractivity contribution in [2.24, 2.45) is 5.41 Å². The molecule has 18 heavy (non-hydrogen) atoms. The molecule has 0 saturated carbocycles. The molecule has 4 nitrogen and oxygen atoms in total. The average Bonchev–Trinajstić information content (AvgIpc) is 2.24. The van der Waals surface area contributed by atoms with Crippen LogP contribution >= 0.6 is 0 Å². The molecule has 0 aromatic rings. The molecule has 0 saturated heterocycles. The van der Waals surface area contributed by atoms with E-state index in [0.717, 1.165) is 19.3 Å². The number of allylic oxidation sites excluding steroid dienone is 1. The molecule has 0 rings (SSSR count). The Morgan fingerprint density at radius 3 is 2.39 bits per heavy atom. The van der Waals surface area contributed by atoms with E-state index in [0.29, 0.717) is 13.2 Å². The summed E-state index contributed by atoms with van der Waals surface area (Å²) in [6, 6.07) is 0. The van der Waals surface area contributed by atoms with Gasteiger partial charge < -0.3 is 9.47 Å². The smallest absolute Gasteiger partial charge is 0.330 e. The molecule has 0 atom stereocenters. The molecule has 0 bridgehead atoms. The maximum Gasteiger partial charge on any atom is 0.330 e. The second-order valence-electron chi connectivity index (χ2n) is 4.95. The zero-order valence-electron chi connectivity index (χ0n) is 11.8. The van der Waals surface area contributed by atoms with E-state index in [-0.39, 0.29) is 17.4 Å². The molecule has 0 N–H and O–H groups in total. The maximum absolute atomic E-state index is 11.0. The summed E-state index contributed by atoms with van der Waals surface area (Å²) in [5, 5.41) is 0. The van der Waals surface area contributed by atoms with Crippen molar-refractivity contribution in [3.8, 4) is 0 Å². The highest BCUT2D eigenvalue weighted by atomic mass is 16.5. The number of hydrogen-bond donors (Lipinski definition) is 0. The molecule has 0 unspecified atom stereocenters. The molecule has 0 aliphatic heterocycles. The van der Waals surface area contributed by atoms with Gasteiger partial charge in [-0.3, -0.25) is 4.79 Å². The first kappa shape index (κ1) is 16.7. The Balaban J connectivity index is 3.82. The quantitative estimate of drug-likeness (QED) is 0.495. The number of esters is 2. The minimum absolute atomic E-state index is 0.0917. The zero-order chi connectivity index (χ0) is 14.0. The van der Waals surface area contributed by atoms with E-state index in [4.69, 9.17) is 9.47 Å². The predicted octanol–water partition coefficient (Wildman–Crippen LogP) is 2.87. The number of carbonyl (C=O) groups excluding carboxylic acids is 2. The van der Waals surface area contributed by atoms with Gasteiger partial charge in [-0.25, -0.2) is 4.79 Å². The van der Waals surface area contributed by atoms with Gasteiger partial charge in [-0.1, -0.05) is 19.9 Å². The van der Waals surface area contributed by atoms with E-state index in [9.17, 15) is 9.59 Å². The first-order chi connectivity index (χ1) is 8.37. The van der Waals surface area contributed by atoms with E-state index >= 15 is 0 Å². The van der Waals surface area contributed by atoms with Gasteiger partial charge in [-0.2, -0.15) is 0 Å². The molecule has 0 amide bonds. The van der Waals surface area contributed by atoms with Crippen LogP contribution in [-0.4, -0.2) is 25.2 Å². The average molecular weight is 256 g/mol. The topological polar surface area (TPSA) is 52.6 Å². The summed E-state index contributed by atoms with van der Waals surface area (Å²) in [5.74, 6) is -0.539. The van der Waals surface area contributed by atoms with Crippen LogP contribution in [0.25, 0.3) is 0 Å². The molecule has 0 spiro atoms. The van der Waals surface area contributed by atoms with Crippen molar-refractivity contribution in [2.45, 2.75) is 47.0 Å². The van der Waals surface area contributed by atoms with Crippen LogP contribution < -0.4 is 0 Å². The van der Waals surface area contributed by atoms with Gasteiger partial charge >= 0.3 is 11.9 Å². The van der Waals surface area contributed by atoms with Crippen molar-refractivity contribution in [1.82, 2.24) is 0 Å². The summed E-state index contributed by atoms with van der Waals surface area (Å²) < 4.78 is 9.71.